The molecule has 2 aromatic rings. The molecule has 0 spiro atoms. The first-order chi connectivity index (χ1) is 11.0. The molecule has 118 valence electrons. The Labute approximate surface area is 145 Å². The molecular formula is C18H15Cl2NO2. The van der Waals surface area contributed by atoms with Crippen molar-refractivity contribution < 1.29 is 9.90 Å². The number of rotatable bonds is 3. The van der Waals surface area contributed by atoms with Gasteiger partial charge in [-0.2, -0.15) is 0 Å². The zero-order valence-electron chi connectivity index (χ0n) is 12.5. The molecule has 3 nitrogen and oxygen atoms in total. The summed E-state index contributed by atoms with van der Waals surface area (Å²) in [4.78, 5) is 11.7. The molecule has 0 aliphatic heterocycles. The number of hydrogen-bond donors (Lipinski definition) is 2. The number of phenols is 1. The minimum atomic E-state index is -0.351. The van der Waals surface area contributed by atoms with Gasteiger partial charge in [0.1, 0.15) is 5.75 Å². The molecule has 2 N–H and O–H groups in total. The number of carbonyl (C=O) groups is 1. The van der Waals surface area contributed by atoms with Crippen molar-refractivity contribution in [1.29, 1.82) is 0 Å². The maximum absolute atomic E-state index is 11.7. The molecule has 0 unspecified atom stereocenters. The Morgan fingerprint density at radius 2 is 1.96 bits per heavy atom. The van der Waals surface area contributed by atoms with Crippen molar-refractivity contribution >= 4 is 29.1 Å². The predicted molar refractivity (Wildman–Crippen MR) is 92.9 cm³/mol. The molecule has 0 aromatic heterocycles. The second-order valence-electron chi connectivity index (χ2n) is 5.01. The molecular weight excluding hydrogens is 333 g/mol. The topological polar surface area (TPSA) is 49.3 Å². The van der Waals surface area contributed by atoms with E-state index in [-0.39, 0.29) is 11.7 Å². The Balaban J connectivity index is 1.87. The van der Waals surface area contributed by atoms with Gasteiger partial charge in [-0.05, 0) is 54.8 Å². The van der Waals surface area contributed by atoms with Crippen LogP contribution in [0.4, 0.5) is 0 Å². The van der Waals surface area contributed by atoms with Crippen molar-refractivity contribution in [1.82, 2.24) is 5.32 Å². The zero-order chi connectivity index (χ0) is 16.8. The van der Waals surface area contributed by atoms with Crippen molar-refractivity contribution in [3.63, 3.8) is 0 Å². The number of carbonyl (C=O) groups excluding carboxylic acids is 1. The smallest absolute Gasteiger partial charge is 0.296 e. The molecule has 0 aliphatic rings. The average molecular weight is 348 g/mol. The van der Waals surface area contributed by atoms with Crippen LogP contribution in [0.15, 0.2) is 36.4 Å². The monoisotopic (exact) mass is 347 g/mol. The maximum Gasteiger partial charge on any atom is 0.296 e. The fourth-order valence-corrected chi connectivity index (χ4v) is 2.24. The Bertz CT molecular complexity index is 791. The summed E-state index contributed by atoms with van der Waals surface area (Å²) >= 11 is 11.8. The highest BCUT2D eigenvalue weighted by Crippen LogP contribution is 2.22. The highest BCUT2D eigenvalue weighted by Gasteiger charge is 2.01. The van der Waals surface area contributed by atoms with Gasteiger partial charge in [0.2, 0.25) is 0 Å². The second kappa shape index (κ2) is 7.92. The lowest BCUT2D eigenvalue weighted by molar-refractivity contribution is -0.115. The summed E-state index contributed by atoms with van der Waals surface area (Å²) in [6, 6.07) is 10.3. The normalized spacial score (nSPS) is 9.87. The first-order valence-corrected chi connectivity index (χ1v) is 7.74. The minimum absolute atomic E-state index is 0.210. The van der Waals surface area contributed by atoms with Crippen molar-refractivity contribution in [3.8, 4) is 17.6 Å². The minimum Gasteiger partial charge on any atom is -0.508 e. The van der Waals surface area contributed by atoms with Gasteiger partial charge in [-0.25, -0.2) is 0 Å². The number of halogens is 2. The molecule has 23 heavy (non-hydrogen) atoms. The fourth-order valence-electron chi connectivity index (χ4n) is 1.92. The first-order valence-electron chi connectivity index (χ1n) is 6.99. The van der Waals surface area contributed by atoms with E-state index in [4.69, 9.17) is 23.2 Å². The zero-order valence-corrected chi connectivity index (χ0v) is 14.0. The van der Waals surface area contributed by atoms with E-state index in [2.05, 4.69) is 17.2 Å². The van der Waals surface area contributed by atoms with Crippen molar-refractivity contribution in [2.24, 2.45) is 0 Å². The molecule has 0 bridgehead atoms. The van der Waals surface area contributed by atoms with Crippen molar-refractivity contribution in [2.45, 2.75) is 13.3 Å². The maximum atomic E-state index is 11.7. The van der Waals surface area contributed by atoms with Crippen LogP contribution in [0.5, 0.6) is 5.75 Å². The van der Waals surface area contributed by atoms with Crippen LogP contribution >= 0.6 is 23.2 Å². The summed E-state index contributed by atoms with van der Waals surface area (Å²) in [5, 5.41) is 13.2. The van der Waals surface area contributed by atoms with Crippen LogP contribution in [0, 0.1) is 18.8 Å². The highest BCUT2D eigenvalue weighted by molar-refractivity contribution is 6.42. The third-order valence-corrected chi connectivity index (χ3v) is 3.94. The van der Waals surface area contributed by atoms with Gasteiger partial charge in [-0.1, -0.05) is 35.2 Å². The standard InChI is InChI=1S/C18H15Cl2NO2/c1-12-10-13(3-6-17(12)22)4-7-18(23)21-9-8-14-2-5-15(19)16(20)11-14/h2-3,5-6,10-11,22H,8-9H2,1H3,(H,21,23). The average Bonchev–Trinajstić information content (AvgIpc) is 2.52. The Morgan fingerprint density at radius 1 is 1.17 bits per heavy atom. The van der Waals surface area contributed by atoms with E-state index in [0.717, 1.165) is 11.1 Å². The van der Waals surface area contributed by atoms with E-state index >= 15 is 0 Å². The van der Waals surface area contributed by atoms with Gasteiger partial charge in [0.25, 0.3) is 5.91 Å². The van der Waals surface area contributed by atoms with E-state index in [1.807, 2.05) is 6.07 Å². The van der Waals surface area contributed by atoms with Crippen LogP contribution in [0.1, 0.15) is 16.7 Å². The number of phenolic OH excluding ortho intramolecular Hbond substituents is 1. The lowest BCUT2D eigenvalue weighted by atomic mass is 10.1. The van der Waals surface area contributed by atoms with Gasteiger partial charge in [0.15, 0.2) is 0 Å². The largest absolute Gasteiger partial charge is 0.508 e. The summed E-state index contributed by atoms with van der Waals surface area (Å²) in [7, 11) is 0. The second-order valence-corrected chi connectivity index (χ2v) is 5.82. The summed E-state index contributed by atoms with van der Waals surface area (Å²) in [5.41, 5.74) is 2.39. The van der Waals surface area contributed by atoms with Crippen LogP contribution in [-0.2, 0) is 11.2 Å². The van der Waals surface area contributed by atoms with Crippen LogP contribution in [0.25, 0.3) is 0 Å². The van der Waals surface area contributed by atoms with Gasteiger partial charge in [-0.15, -0.1) is 0 Å². The summed E-state index contributed by atoms with van der Waals surface area (Å²) < 4.78 is 0. The van der Waals surface area contributed by atoms with Gasteiger partial charge in [0, 0.05) is 18.0 Å². The predicted octanol–water partition coefficient (Wildman–Crippen LogP) is 3.72. The Hall–Kier alpha value is -2.15. The van der Waals surface area contributed by atoms with Crippen LogP contribution < -0.4 is 5.32 Å². The van der Waals surface area contributed by atoms with Gasteiger partial charge in [0.05, 0.1) is 10.0 Å². The van der Waals surface area contributed by atoms with Gasteiger partial charge in [-0.3, -0.25) is 4.79 Å². The van der Waals surface area contributed by atoms with Crippen LogP contribution in [0.3, 0.4) is 0 Å². The number of aryl methyl sites for hydroxylation is 1. The molecule has 2 rings (SSSR count). The third kappa shape index (κ3) is 5.21. The molecule has 0 fully saturated rings. The van der Waals surface area contributed by atoms with Crippen LogP contribution in [0.2, 0.25) is 10.0 Å². The fraction of sp³-hybridized carbons (Fsp3) is 0.167. The summed E-state index contributed by atoms with van der Waals surface area (Å²) in [6.07, 6.45) is 0.641. The van der Waals surface area contributed by atoms with E-state index in [1.165, 1.54) is 0 Å². The number of amides is 1. The lowest BCUT2D eigenvalue weighted by Gasteiger charge is -2.03. The Kier molecular flexibility index (Phi) is 5.92. The van der Waals surface area contributed by atoms with Crippen molar-refractivity contribution in [3.05, 3.63) is 63.1 Å². The Morgan fingerprint density at radius 3 is 2.65 bits per heavy atom. The number of benzene rings is 2. The number of hydrogen-bond acceptors (Lipinski definition) is 2. The SMILES string of the molecule is Cc1cc(C#CC(=O)NCCc2ccc(Cl)c(Cl)c2)ccc1O. The molecule has 2 aromatic carbocycles. The summed E-state index contributed by atoms with van der Waals surface area (Å²) in [5.74, 6) is 5.15. The van der Waals surface area contributed by atoms with Crippen molar-refractivity contribution in [2.75, 3.05) is 6.54 Å². The lowest BCUT2D eigenvalue weighted by Crippen LogP contribution is -2.24. The molecule has 0 heterocycles. The number of aromatic hydroxyl groups is 1. The van der Waals surface area contributed by atoms with Crippen LogP contribution in [-0.4, -0.2) is 17.6 Å². The molecule has 0 atom stereocenters. The number of nitrogens with one attached hydrogen (secondary N) is 1. The quantitative estimate of drug-likeness (QED) is 0.831. The first kappa shape index (κ1) is 17.2. The summed E-state index contributed by atoms with van der Waals surface area (Å²) in [6.45, 7) is 2.23. The molecule has 0 saturated heterocycles. The highest BCUT2D eigenvalue weighted by atomic mass is 35.5. The molecule has 0 saturated carbocycles. The van der Waals surface area contributed by atoms with E-state index in [0.29, 0.717) is 28.6 Å². The van der Waals surface area contributed by atoms with Gasteiger partial charge < -0.3 is 10.4 Å². The van der Waals surface area contributed by atoms with E-state index in [9.17, 15) is 9.90 Å². The van der Waals surface area contributed by atoms with E-state index in [1.54, 1.807) is 37.3 Å². The molecule has 0 radical (unpaired) electrons. The van der Waals surface area contributed by atoms with E-state index < -0.39 is 0 Å². The molecule has 5 heteroatoms. The molecule has 1 amide bonds. The third-order valence-electron chi connectivity index (χ3n) is 3.20. The molecule has 0 aliphatic carbocycles. The van der Waals surface area contributed by atoms with Gasteiger partial charge >= 0.3 is 0 Å².